The van der Waals surface area contributed by atoms with Crippen LogP contribution in [0.1, 0.15) is 12.0 Å². The second-order valence-corrected chi connectivity index (χ2v) is 3.53. The quantitative estimate of drug-likeness (QED) is 0.631. The highest BCUT2D eigenvalue weighted by Crippen LogP contribution is 2.09. The molecule has 4 heteroatoms. The lowest BCUT2D eigenvalue weighted by Crippen LogP contribution is -2.13. The van der Waals surface area contributed by atoms with Crippen molar-refractivity contribution >= 4 is 23.7 Å². The van der Waals surface area contributed by atoms with Crippen molar-refractivity contribution in [3.63, 3.8) is 0 Å². The van der Waals surface area contributed by atoms with Crippen LogP contribution >= 0.6 is 11.6 Å². The monoisotopic (exact) mass is 208 g/mol. The zero-order valence-corrected chi connectivity index (χ0v) is 8.24. The van der Waals surface area contributed by atoms with Gasteiger partial charge in [0.2, 0.25) is 6.21 Å². The highest BCUT2D eigenvalue weighted by atomic mass is 35.5. The van der Waals surface area contributed by atoms with Crippen LogP contribution in [0.15, 0.2) is 29.4 Å². The molecule has 0 unspecified atom stereocenters. The molecular formula is C10H9ClN2O. The summed E-state index contributed by atoms with van der Waals surface area (Å²) in [6.45, 7) is 0.658. The number of hydrogen-bond donors (Lipinski definition) is 0. The van der Waals surface area contributed by atoms with Gasteiger partial charge >= 0.3 is 0 Å². The van der Waals surface area contributed by atoms with Gasteiger partial charge in [-0.15, -0.1) is 0 Å². The first-order chi connectivity index (χ1) is 6.74. The fourth-order valence-corrected chi connectivity index (χ4v) is 1.50. The molecule has 0 spiro atoms. The van der Waals surface area contributed by atoms with Crippen LogP contribution in [0.4, 0.5) is 0 Å². The van der Waals surface area contributed by atoms with Gasteiger partial charge < -0.3 is 5.11 Å². The Morgan fingerprint density at radius 1 is 1.50 bits per heavy atom. The van der Waals surface area contributed by atoms with Gasteiger partial charge in [-0.05, 0) is 23.3 Å². The van der Waals surface area contributed by atoms with E-state index in [-0.39, 0.29) is 5.90 Å². The highest BCUT2D eigenvalue weighted by Gasteiger charge is 2.10. The maximum atomic E-state index is 10.9. The molecule has 1 aliphatic heterocycles. The number of halogens is 1. The minimum absolute atomic E-state index is 0.0664. The van der Waals surface area contributed by atoms with Crippen LogP contribution in [0.25, 0.3) is 0 Å². The topological polar surface area (TPSA) is 38.4 Å². The molecule has 0 saturated carbocycles. The third kappa shape index (κ3) is 2.12. The molecule has 0 fully saturated rings. The summed E-state index contributed by atoms with van der Waals surface area (Å²) < 4.78 is 1.65. The minimum atomic E-state index is -0.0664. The van der Waals surface area contributed by atoms with Crippen LogP contribution in [-0.4, -0.2) is 23.3 Å². The van der Waals surface area contributed by atoms with Crippen molar-refractivity contribution in [1.29, 1.82) is 0 Å². The van der Waals surface area contributed by atoms with Crippen molar-refractivity contribution in [3.05, 3.63) is 34.9 Å². The molecule has 14 heavy (non-hydrogen) atoms. The molecule has 72 valence electrons. The first kappa shape index (κ1) is 9.21. The van der Waals surface area contributed by atoms with Crippen molar-refractivity contribution in [2.75, 3.05) is 6.54 Å². The number of nitrogens with zero attached hydrogens (tertiary/aromatic N) is 2. The van der Waals surface area contributed by atoms with Crippen molar-refractivity contribution < 1.29 is 9.79 Å². The molecule has 3 nitrogen and oxygen atoms in total. The summed E-state index contributed by atoms with van der Waals surface area (Å²) in [5.41, 5.74) is 0.955. The van der Waals surface area contributed by atoms with Gasteiger partial charge in [0.15, 0.2) is 6.54 Å². The van der Waals surface area contributed by atoms with Crippen LogP contribution in [-0.2, 0) is 0 Å². The van der Waals surface area contributed by atoms with Gasteiger partial charge in [-0.2, -0.15) is 0 Å². The third-order valence-corrected chi connectivity index (χ3v) is 2.18. The molecule has 0 saturated heterocycles. The fourth-order valence-electron chi connectivity index (χ4n) is 1.31. The van der Waals surface area contributed by atoms with Crippen molar-refractivity contribution in [2.24, 2.45) is 5.10 Å². The van der Waals surface area contributed by atoms with E-state index in [4.69, 9.17) is 11.6 Å². The second kappa shape index (κ2) is 3.80. The molecule has 1 aromatic carbocycles. The molecule has 1 heterocycles. The Kier molecular flexibility index (Phi) is 2.50. The predicted molar refractivity (Wildman–Crippen MR) is 53.8 cm³/mol. The first-order valence-electron chi connectivity index (χ1n) is 4.35. The Morgan fingerprint density at radius 2 is 2.36 bits per heavy atom. The van der Waals surface area contributed by atoms with Crippen molar-refractivity contribution in [1.82, 2.24) is 0 Å². The molecule has 0 amide bonds. The van der Waals surface area contributed by atoms with E-state index in [0.717, 1.165) is 5.56 Å². The molecule has 0 aliphatic carbocycles. The summed E-state index contributed by atoms with van der Waals surface area (Å²) in [6, 6.07) is 7.43. The molecule has 0 atom stereocenters. The summed E-state index contributed by atoms with van der Waals surface area (Å²) in [4.78, 5) is 0. The lowest BCUT2D eigenvalue weighted by molar-refractivity contribution is -0.519. The lowest BCUT2D eigenvalue weighted by atomic mass is 10.2. The van der Waals surface area contributed by atoms with Gasteiger partial charge in [-0.3, -0.25) is 0 Å². The maximum absolute atomic E-state index is 10.9. The van der Waals surface area contributed by atoms with Crippen LogP contribution in [0.2, 0.25) is 5.02 Å². The van der Waals surface area contributed by atoms with Crippen molar-refractivity contribution in [2.45, 2.75) is 6.42 Å². The normalized spacial score (nSPS) is 18.6. The van der Waals surface area contributed by atoms with Crippen LogP contribution in [0.5, 0.6) is 0 Å². The molecule has 0 N–H and O–H groups in total. The molecule has 2 rings (SSSR count). The van der Waals surface area contributed by atoms with E-state index in [9.17, 15) is 5.11 Å². The smallest absolute Gasteiger partial charge is 0.203 e. The third-order valence-electron chi connectivity index (χ3n) is 1.94. The van der Waals surface area contributed by atoms with Crippen LogP contribution in [0, 0.1) is 0 Å². The van der Waals surface area contributed by atoms with E-state index in [1.165, 1.54) is 0 Å². The standard InChI is InChI=1S/C10H9ClN2O/c11-9-3-1-2-8(6-9)7-13-5-4-10(14)12-13/h1-3,6-7H,4-5H2/b13-7+. The summed E-state index contributed by atoms with van der Waals surface area (Å²) in [6.07, 6.45) is 2.31. The van der Waals surface area contributed by atoms with Gasteiger partial charge in [-0.25, -0.2) is 0 Å². The average molecular weight is 209 g/mol. The highest BCUT2D eigenvalue weighted by molar-refractivity contribution is 6.30. The van der Waals surface area contributed by atoms with Gasteiger partial charge in [0.25, 0.3) is 0 Å². The Balaban J connectivity index is 2.26. The van der Waals surface area contributed by atoms with Gasteiger partial charge in [-0.1, -0.05) is 22.4 Å². The van der Waals surface area contributed by atoms with E-state index in [0.29, 0.717) is 18.0 Å². The number of hydrogen-bond acceptors (Lipinski definition) is 2. The predicted octanol–water partition coefficient (Wildman–Crippen LogP) is 0.849. The van der Waals surface area contributed by atoms with Gasteiger partial charge in [0.1, 0.15) is 0 Å². The molecule has 0 radical (unpaired) electrons. The Morgan fingerprint density at radius 3 is 3.00 bits per heavy atom. The molecule has 0 bridgehead atoms. The molecular weight excluding hydrogens is 200 g/mol. The second-order valence-electron chi connectivity index (χ2n) is 3.09. The summed E-state index contributed by atoms with van der Waals surface area (Å²) in [7, 11) is 0. The summed E-state index contributed by atoms with van der Waals surface area (Å²) in [5, 5.41) is 15.3. The van der Waals surface area contributed by atoms with E-state index in [1.54, 1.807) is 4.68 Å². The Labute approximate surface area is 87.0 Å². The van der Waals surface area contributed by atoms with Gasteiger partial charge in [0, 0.05) is 22.9 Å². The van der Waals surface area contributed by atoms with Crippen LogP contribution < -0.4 is 5.11 Å². The van der Waals surface area contributed by atoms with E-state index in [1.807, 2.05) is 30.5 Å². The minimum Gasteiger partial charge on any atom is -0.857 e. The largest absolute Gasteiger partial charge is 0.857 e. The first-order valence-corrected chi connectivity index (χ1v) is 4.73. The number of hydrazone groups is 1. The van der Waals surface area contributed by atoms with Gasteiger partial charge in [0.05, 0.1) is 0 Å². The number of rotatable bonds is 1. The fraction of sp³-hybridized carbons (Fsp3) is 0.200. The Bertz CT molecular complexity index is 412. The molecule has 1 aromatic rings. The summed E-state index contributed by atoms with van der Waals surface area (Å²) >= 11 is 5.82. The summed E-state index contributed by atoms with van der Waals surface area (Å²) in [5.74, 6) is -0.0664. The van der Waals surface area contributed by atoms with Crippen LogP contribution in [0.3, 0.4) is 0 Å². The maximum Gasteiger partial charge on any atom is 0.203 e. The van der Waals surface area contributed by atoms with E-state index >= 15 is 0 Å². The zero-order valence-electron chi connectivity index (χ0n) is 7.48. The zero-order chi connectivity index (χ0) is 9.97. The SMILES string of the molecule is [O-]C1=N/[N+](=C/c2cccc(Cl)c2)CC1. The van der Waals surface area contributed by atoms with Crippen molar-refractivity contribution in [3.8, 4) is 0 Å². The number of benzene rings is 1. The molecule has 1 aliphatic rings. The average Bonchev–Trinajstić information content (AvgIpc) is 2.51. The Hall–Kier alpha value is -1.35. The van der Waals surface area contributed by atoms with E-state index in [2.05, 4.69) is 5.10 Å². The molecule has 0 aromatic heterocycles. The lowest BCUT2D eigenvalue weighted by Gasteiger charge is -1.91. The van der Waals surface area contributed by atoms with E-state index < -0.39 is 0 Å².